The first-order valence-electron chi connectivity index (χ1n) is 8.76. The van der Waals surface area contributed by atoms with Crippen molar-refractivity contribution in [2.24, 2.45) is 5.92 Å². The minimum atomic E-state index is -4.28. The smallest absolute Gasteiger partial charge is 0.399 e. The second kappa shape index (κ2) is 6.72. The van der Waals surface area contributed by atoms with Crippen LogP contribution in [0.15, 0.2) is 16.3 Å². The molecule has 3 heterocycles. The standard InChI is InChI=1S/C16H23BF3NO4S2/c1-14(2)15(3,4)25-17(24-14)12-5-6-13(26-12)27(22,23)21-9-7-11(8-10-21)16(18,19)20/h5-6,11H,7-10H2,1-4H3. The molecule has 0 N–H and O–H groups in total. The SMILES string of the molecule is CC1(C)OB(c2ccc(S(=O)(=O)N3CCC(C(F)(F)F)CC3)s2)OC1(C)C. The number of halogens is 3. The summed E-state index contributed by atoms with van der Waals surface area (Å²) in [6.07, 6.45) is -4.70. The fraction of sp³-hybridized carbons (Fsp3) is 0.750. The molecule has 2 aliphatic rings. The van der Waals surface area contributed by atoms with E-state index in [1.807, 2.05) is 27.7 Å². The van der Waals surface area contributed by atoms with E-state index < -0.39 is 40.4 Å². The molecule has 2 saturated heterocycles. The van der Waals surface area contributed by atoms with Gasteiger partial charge in [0.1, 0.15) is 4.21 Å². The maximum atomic E-state index is 12.8. The van der Waals surface area contributed by atoms with Crippen molar-refractivity contribution in [2.75, 3.05) is 13.1 Å². The van der Waals surface area contributed by atoms with Gasteiger partial charge in [0, 0.05) is 17.9 Å². The summed E-state index contributed by atoms with van der Waals surface area (Å²) in [6.45, 7) is 7.37. The number of thiophene rings is 1. The number of nitrogens with zero attached hydrogens (tertiary/aromatic N) is 1. The molecule has 1 aromatic heterocycles. The fourth-order valence-corrected chi connectivity index (χ4v) is 6.02. The number of alkyl halides is 3. The molecule has 2 aliphatic heterocycles. The van der Waals surface area contributed by atoms with Crippen molar-refractivity contribution in [3.8, 4) is 0 Å². The predicted octanol–water partition coefficient (Wildman–Crippen LogP) is 3.01. The second-order valence-electron chi connectivity index (χ2n) is 7.97. The van der Waals surface area contributed by atoms with Crippen molar-refractivity contribution in [1.82, 2.24) is 4.31 Å². The van der Waals surface area contributed by atoms with Crippen LogP contribution in [0.25, 0.3) is 0 Å². The van der Waals surface area contributed by atoms with Gasteiger partial charge in [-0.3, -0.25) is 0 Å². The highest BCUT2D eigenvalue weighted by Crippen LogP contribution is 2.38. The minimum Gasteiger partial charge on any atom is -0.399 e. The molecule has 27 heavy (non-hydrogen) atoms. The van der Waals surface area contributed by atoms with E-state index in [4.69, 9.17) is 9.31 Å². The first kappa shape index (κ1) is 21.1. The van der Waals surface area contributed by atoms with Crippen molar-refractivity contribution in [2.45, 2.75) is 62.1 Å². The summed E-state index contributed by atoms with van der Waals surface area (Å²) in [6, 6.07) is 3.11. The molecule has 0 aromatic carbocycles. The zero-order valence-electron chi connectivity index (χ0n) is 15.7. The second-order valence-corrected chi connectivity index (χ2v) is 11.2. The van der Waals surface area contributed by atoms with Gasteiger partial charge in [0.05, 0.1) is 17.1 Å². The van der Waals surface area contributed by atoms with Crippen LogP contribution in [-0.4, -0.2) is 50.3 Å². The van der Waals surface area contributed by atoms with Crippen molar-refractivity contribution in [1.29, 1.82) is 0 Å². The molecule has 0 bridgehead atoms. The molecule has 11 heteroatoms. The van der Waals surface area contributed by atoms with Gasteiger partial charge in [-0.2, -0.15) is 17.5 Å². The van der Waals surface area contributed by atoms with E-state index in [0.29, 0.717) is 4.78 Å². The monoisotopic (exact) mass is 425 g/mol. The van der Waals surface area contributed by atoms with Gasteiger partial charge >= 0.3 is 13.3 Å². The molecular weight excluding hydrogens is 402 g/mol. The summed E-state index contributed by atoms with van der Waals surface area (Å²) in [7, 11) is -4.49. The average Bonchev–Trinajstić information content (AvgIpc) is 3.10. The molecule has 5 nitrogen and oxygen atoms in total. The van der Waals surface area contributed by atoms with E-state index in [1.165, 1.54) is 6.07 Å². The Bertz CT molecular complexity index is 783. The van der Waals surface area contributed by atoms with E-state index in [9.17, 15) is 21.6 Å². The Morgan fingerprint density at radius 2 is 1.63 bits per heavy atom. The molecular formula is C16H23BF3NO4S2. The summed E-state index contributed by atoms with van der Waals surface area (Å²) in [5, 5.41) is 0. The third-order valence-electron chi connectivity index (χ3n) is 5.60. The summed E-state index contributed by atoms with van der Waals surface area (Å²) in [5.41, 5.74) is -1.08. The number of hydrogen-bond acceptors (Lipinski definition) is 5. The van der Waals surface area contributed by atoms with Gasteiger partial charge < -0.3 is 9.31 Å². The molecule has 152 valence electrons. The Morgan fingerprint density at radius 1 is 1.11 bits per heavy atom. The highest BCUT2D eigenvalue weighted by Gasteiger charge is 2.52. The molecule has 2 fully saturated rings. The zero-order valence-corrected chi connectivity index (χ0v) is 17.3. The van der Waals surface area contributed by atoms with Crippen molar-refractivity contribution in [3.63, 3.8) is 0 Å². The minimum absolute atomic E-state index is 0.0951. The quantitative estimate of drug-likeness (QED) is 0.699. The van der Waals surface area contributed by atoms with Crippen LogP contribution in [0.2, 0.25) is 0 Å². The molecule has 0 unspecified atom stereocenters. The fourth-order valence-electron chi connectivity index (χ4n) is 3.11. The summed E-state index contributed by atoms with van der Waals surface area (Å²) in [4.78, 5) is 0. The Morgan fingerprint density at radius 3 is 2.11 bits per heavy atom. The maximum Gasteiger partial charge on any atom is 0.505 e. The lowest BCUT2D eigenvalue weighted by Gasteiger charge is -2.32. The lowest BCUT2D eigenvalue weighted by atomic mass is 9.88. The highest BCUT2D eigenvalue weighted by molar-refractivity contribution is 7.91. The molecule has 0 amide bonds. The van der Waals surface area contributed by atoms with E-state index >= 15 is 0 Å². The van der Waals surface area contributed by atoms with Gasteiger partial charge in [0.2, 0.25) is 0 Å². The molecule has 3 rings (SSSR count). The van der Waals surface area contributed by atoms with Gasteiger partial charge in [0.15, 0.2) is 0 Å². The van der Waals surface area contributed by atoms with Gasteiger partial charge in [0.25, 0.3) is 10.0 Å². The van der Waals surface area contributed by atoms with Gasteiger partial charge in [-0.15, -0.1) is 11.3 Å². The summed E-state index contributed by atoms with van der Waals surface area (Å²) < 4.78 is 77.7. The van der Waals surface area contributed by atoms with Crippen molar-refractivity contribution >= 4 is 33.3 Å². The third kappa shape index (κ3) is 3.94. The molecule has 1 aromatic rings. The van der Waals surface area contributed by atoms with Crippen LogP contribution in [0.1, 0.15) is 40.5 Å². The van der Waals surface area contributed by atoms with Gasteiger partial charge in [-0.25, -0.2) is 8.42 Å². The number of rotatable bonds is 3. The zero-order chi connectivity index (χ0) is 20.3. The van der Waals surface area contributed by atoms with Crippen LogP contribution in [0, 0.1) is 5.92 Å². The maximum absolute atomic E-state index is 12.8. The lowest BCUT2D eigenvalue weighted by molar-refractivity contribution is -0.182. The van der Waals surface area contributed by atoms with E-state index in [1.54, 1.807) is 6.07 Å². The average molecular weight is 425 g/mol. The predicted molar refractivity (Wildman–Crippen MR) is 97.6 cm³/mol. The Labute approximate surface area is 162 Å². The van der Waals surface area contributed by atoms with Crippen LogP contribution < -0.4 is 4.78 Å². The highest BCUT2D eigenvalue weighted by atomic mass is 32.2. The number of sulfonamides is 1. The molecule has 0 spiro atoms. The molecule has 0 radical (unpaired) electrons. The number of hydrogen-bond donors (Lipinski definition) is 0. The molecule has 0 atom stereocenters. The van der Waals surface area contributed by atoms with Gasteiger partial charge in [-0.1, -0.05) is 6.07 Å². The van der Waals surface area contributed by atoms with Crippen LogP contribution in [0.5, 0.6) is 0 Å². The largest absolute Gasteiger partial charge is 0.505 e. The van der Waals surface area contributed by atoms with Crippen LogP contribution in [0.3, 0.4) is 0 Å². The number of piperidine rings is 1. The topological polar surface area (TPSA) is 55.8 Å². The first-order chi connectivity index (χ1) is 12.2. The van der Waals surface area contributed by atoms with E-state index in [0.717, 1.165) is 15.6 Å². The Kier molecular flexibility index (Phi) is 5.25. The summed E-state index contributed by atoms with van der Waals surface area (Å²) >= 11 is 1.04. The third-order valence-corrected chi connectivity index (χ3v) is 9.07. The Hall–Kier alpha value is -0.615. The Balaban J connectivity index is 1.73. The first-order valence-corrected chi connectivity index (χ1v) is 11.0. The van der Waals surface area contributed by atoms with Crippen LogP contribution >= 0.6 is 11.3 Å². The van der Waals surface area contributed by atoms with Crippen molar-refractivity contribution in [3.05, 3.63) is 12.1 Å². The van der Waals surface area contributed by atoms with Gasteiger partial charge in [-0.05, 0) is 46.6 Å². The normalized spacial score (nSPS) is 24.5. The summed E-state index contributed by atoms with van der Waals surface area (Å²) in [5.74, 6) is -1.44. The van der Waals surface area contributed by atoms with E-state index in [2.05, 4.69) is 0 Å². The molecule has 0 saturated carbocycles. The van der Waals surface area contributed by atoms with E-state index in [-0.39, 0.29) is 30.1 Å². The van der Waals surface area contributed by atoms with Crippen LogP contribution in [0.4, 0.5) is 13.2 Å². The molecule has 0 aliphatic carbocycles. The van der Waals surface area contributed by atoms with Crippen molar-refractivity contribution < 1.29 is 30.9 Å². The lowest BCUT2D eigenvalue weighted by Crippen LogP contribution is -2.41. The van der Waals surface area contributed by atoms with Crippen LogP contribution in [-0.2, 0) is 19.3 Å².